The van der Waals surface area contributed by atoms with Crippen LogP contribution in [0.2, 0.25) is 0 Å². The summed E-state index contributed by atoms with van der Waals surface area (Å²) < 4.78 is 26.9. The van der Waals surface area contributed by atoms with Gasteiger partial charge in [-0.05, 0) is 49.1 Å². The molecule has 1 saturated carbocycles. The van der Waals surface area contributed by atoms with Crippen LogP contribution in [0.1, 0.15) is 46.5 Å². The number of benzene rings is 1. The summed E-state index contributed by atoms with van der Waals surface area (Å²) in [7, 11) is 0. The van der Waals surface area contributed by atoms with Crippen molar-refractivity contribution in [2.45, 2.75) is 52.0 Å². The highest BCUT2D eigenvalue weighted by Crippen LogP contribution is 2.43. The Bertz CT molecular complexity index is 811. The Kier molecular flexibility index (Phi) is 5.16. The molecule has 2 N–H and O–H groups in total. The van der Waals surface area contributed by atoms with E-state index in [9.17, 15) is 23.2 Å². The fourth-order valence-electron chi connectivity index (χ4n) is 4.06. The first-order valence-electron chi connectivity index (χ1n) is 9.41. The van der Waals surface area contributed by atoms with Gasteiger partial charge in [0.15, 0.2) is 0 Å². The normalized spacial score (nSPS) is 25.2. The number of hydrogen-bond acceptors (Lipinski definition) is 3. The molecule has 2 aliphatic rings. The summed E-state index contributed by atoms with van der Waals surface area (Å²) in [6.45, 7) is 5.93. The van der Waals surface area contributed by atoms with E-state index in [-0.39, 0.29) is 11.1 Å². The number of hydrogen-bond donors (Lipinski definition) is 2. The highest BCUT2D eigenvalue weighted by molar-refractivity contribution is 6.10. The minimum Gasteiger partial charge on any atom is -0.323 e. The predicted molar refractivity (Wildman–Crippen MR) is 99.4 cm³/mol. The summed E-state index contributed by atoms with van der Waals surface area (Å²) in [5.41, 5.74) is -1.18. The van der Waals surface area contributed by atoms with E-state index in [0.717, 1.165) is 35.9 Å². The maximum absolute atomic E-state index is 13.7. The summed E-state index contributed by atoms with van der Waals surface area (Å²) in [5, 5.41) is 4.96. The van der Waals surface area contributed by atoms with Crippen molar-refractivity contribution < 1.29 is 23.2 Å². The van der Waals surface area contributed by atoms with E-state index >= 15 is 0 Å². The van der Waals surface area contributed by atoms with Crippen molar-refractivity contribution in [2.75, 3.05) is 11.9 Å². The number of nitrogens with one attached hydrogen (secondary N) is 2. The van der Waals surface area contributed by atoms with Crippen molar-refractivity contribution in [3.63, 3.8) is 0 Å². The first-order valence-corrected chi connectivity index (χ1v) is 9.41. The van der Waals surface area contributed by atoms with Gasteiger partial charge in [0.05, 0.1) is 5.69 Å². The zero-order valence-electron chi connectivity index (χ0n) is 16.3. The second-order valence-electron chi connectivity index (χ2n) is 8.72. The van der Waals surface area contributed by atoms with E-state index in [1.807, 2.05) is 0 Å². The number of amides is 4. The summed E-state index contributed by atoms with van der Waals surface area (Å²) in [6, 6.07) is 2.03. The molecule has 1 aromatic carbocycles. The van der Waals surface area contributed by atoms with Gasteiger partial charge in [0.1, 0.15) is 23.7 Å². The summed E-state index contributed by atoms with van der Waals surface area (Å²) in [4.78, 5) is 38.3. The fourth-order valence-corrected chi connectivity index (χ4v) is 4.06. The van der Waals surface area contributed by atoms with Crippen LogP contribution in [0, 0.1) is 23.0 Å². The molecule has 0 bridgehead atoms. The van der Waals surface area contributed by atoms with E-state index < -0.39 is 41.6 Å². The molecule has 1 spiro atoms. The Balaban J connectivity index is 1.66. The fraction of sp³-hybridized carbons (Fsp3) is 0.550. The van der Waals surface area contributed by atoms with E-state index in [0.29, 0.717) is 18.8 Å². The molecule has 4 amide bonds. The molecule has 0 atom stereocenters. The molecule has 0 radical (unpaired) electrons. The summed E-state index contributed by atoms with van der Waals surface area (Å²) in [5.74, 6) is -2.26. The van der Waals surface area contributed by atoms with E-state index in [1.54, 1.807) is 0 Å². The standard InChI is InChI=1S/C20H25F2N3O3/c1-19(2,3)12-6-8-20(9-7-12)17(27)25(18(28)24-20)11-16(26)23-15-10-13(21)4-5-14(15)22/h4-5,10,12H,6-9,11H2,1-3H3,(H,23,26)(H,24,28). The largest absolute Gasteiger partial charge is 0.325 e. The van der Waals surface area contributed by atoms with Crippen LogP contribution < -0.4 is 10.6 Å². The molecule has 1 heterocycles. The molecule has 152 valence electrons. The van der Waals surface area contributed by atoms with Crippen LogP contribution in [-0.4, -0.2) is 34.8 Å². The second-order valence-corrected chi connectivity index (χ2v) is 8.72. The van der Waals surface area contributed by atoms with Gasteiger partial charge in [-0.15, -0.1) is 0 Å². The number of anilines is 1. The Morgan fingerprint density at radius 3 is 2.50 bits per heavy atom. The number of imide groups is 1. The minimum absolute atomic E-state index is 0.127. The third-order valence-electron chi connectivity index (χ3n) is 5.81. The van der Waals surface area contributed by atoms with Gasteiger partial charge in [0, 0.05) is 6.07 Å². The molecular formula is C20H25F2N3O3. The maximum Gasteiger partial charge on any atom is 0.325 e. The first-order chi connectivity index (χ1) is 13.0. The topological polar surface area (TPSA) is 78.5 Å². The summed E-state index contributed by atoms with van der Waals surface area (Å²) in [6.07, 6.45) is 2.67. The number of carbonyl (C=O) groups is 3. The average Bonchev–Trinajstić information content (AvgIpc) is 2.82. The Labute approximate surface area is 162 Å². The smallest absolute Gasteiger partial charge is 0.323 e. The molecule has 1 saturated heterocycles. The van der Waals surface area contributed by atoms with Gasteiger partial charge in [0.25, 0.3) is 5.91 Å². The molecule has 6 nitrogen and oxygen atoms in total. The maximum atomic E-state index is 13.7. The van der Waals surface area contributed by atoms with Crippen LogP contribution in [0.4, 0.5) is 19.3 Å². The van der Waals surface area contributed by atoms with Gasteiger partial charge in [0.2, 0.25) is 5.91 Å². The van der Waals surface area contributed by atoms with Gasteiger partial charge in [-0.1, -0.05) is 20.8 Å². The Morgan fingerprint density at radius 1 is 1.25 bits per heavy atom. The highest BCUT2D eigenvalue weighted by Gasteiger charge is 2.53. The van der Waals surface area contributed by atoms with Crippen LogP contribution in [0.25, 0.3) is 0 Å². The highest BCUT2D eigenvalue weighted by atomic mass is 19.1. The molecule has 1 aliphatic heterocycles. The van der Waals surface area contributed by atoms with Gasteiger partial charge >= 0.3 is 6.03 Å². The second kappa shape index (κ2) is 7.14. The third kappa shape index (κ3) is 3.86. The molecule has 8 heteroatoms. The number of halogens is 2. The van der Waals surface area contributed by atoms with E-state index in [4.69, 9.17) is 0 Å². The van der Waals surface area contributed by atoms with Gasteiger partial charge < -0.3 is 10.6 Å². The summed E-state index contributed by atoms with van der Waals surface area (Å²) >= 11 is 0. The minimum atomic E-state index is -0.969. The van der Waals surface area contributed by atoms with Crippen LogP contribution in [0.3, 0.4) is 0 Å². The quantitative estimate of drug-likeness (QED) is 0.773. The number of nitrogens with zero attached hydrogens (tertiary/aromatic N) is 1. The Morgan fingerprint density at radius 2 is 1.89 bits per heavy atom. The number of carbonyl (C=O) groups excluding carboxylic acids is 3. The van der Waals surface area contributed by atoms with Crippen molar-refractivity contribution in [3.05, 3.63) is 29.8 Å². The van der Waals surface area contributed by atoms with E-state index in [1.165, 1.54) is 0 Å². The van der Waals surface area contributed by atoms with Crippen LogP contribution >= 0.6 is 0 Å². The molecule has 3 rings (SSSR count). The van der Waals surface area contributed by atoms with Crippen molar-refractivity contribution >= 4 is 23.5 Å². The molecule has 0 aromatic heterocycles. The van der Waals surface area contributed by atoms with Gasteiger partial charge in [-0.3, -0.25) is 14.5 Å². The third-order valence-corrected chi connectivity index (χ3v) is 5.81. The van der Waals surface area contributed by atoms with Crippen molar-refractivity contribution in [3.8, 4) is 0 Å². The SMILES string of the molecule is CC(C)(C)C1CCC2(CC1)NC(=O)N(CC(=O)Nc1cc(F)ccc1F)C2=O. The lowest BCUT2D eigenvalue weighted by atomic mass is 9.67. The average molecular weight is 393 g/mol. The van der Waals surface area contributed by atoms with Crippen molar-refractivity contribution in [1.82, 2.24) is 10.2 Å². The van der Waals surface area contributed by atoms with Crippen LogP contribution in [0.5, 0.6) is 0 Å². The number of rotatable bonds is 3. The lowest BCUT2D eigenvalue weighted by molar-refractivity contribution is -0.135. The monoisotopic (exact) mass is 393 g/mol. The van der Waals surface area contributed by atoms with Crippen LogP contribution in [-0.2, 0) is 9.59 Å². The van der Waals surface area contributed by atoms with E-state index in [2.05, 4.69) is 31.4 Å². The Hall–Kier alpha value is -2.51. The zero-order valence-corrected chi connectivity index (χ0v) is 16.3. The molecule has 2 fully saturated rings. The van der Waals surface area contributed by atoms with Gasteiger partial charge in [-0.2, -0.15) is 0 Å². The molecule has 0 unspecified atom stereocenters. The molecule has 28 heavy (non-hydrogen) atoms. The van der Waals surface area contributed by atoms with Crippen LogP contribution in [0.15, 0.2) is 18.2 Å². The van der Waals surface area contributed by atoms with Crippen molar-refractivity contribution in [2.24, 2.45) is 11.3 Å². The molecule has 1 aliphatic carbocycles. The van der Waals surface area contributed by atoms with Crippen molar-refractivity contribution in [1.29, 1.82) is 0 Å². The number of urea groups is 1. The molecule has 1 aromatic rings. The lowest BCUT2D eigenvalue weighted by Gasteiger charge is -2.40. The van der Waals surface area contributed by atoms with Gasteiger partial charge in [-0.25, -0.2) is 13.6 Å². The molecular weight excluding hydrogens is 368 g/mol. The first kappa shape index (κ1) is 20.2. The lowest BCUT2D eigenvalue weighted by Crippen LogP contribution is -2.51. The predicted octanol–water partition coefficient (Wildman–Crippen LogP) is 3.43. The zero-order chi connectivity index (χ0) is 20.7.